The summed E-state index contributed by atoms with van der Waals surface area (Å²) in [7, 11) is 0. The van der Waals surface area contributed by atoms with Crippen LogP contribution in [-0.2, 0) is 0 Å². The predicted octanol–water partition coefficient (Wildman–Crippen LogP) is 4.89. The van der Waals surface area contributed by atoms with Gasteiger partial charge in [-0.15, -0.1) is 0 Å². The molecule has 0 bridgehead atoms. The van der Waals surface area contributed by atoms with Crippen LogP contribution >= 0.6 is 0 Å². The van der Waals surface area contributed by atoms with Crippen molar-refractivity contribution >= 4 is 0 Å². The summed E-state index contributed by atoms with van der Waals surface area (Å²) in [4.78, 5) is 0. The van der Waals surface area contributed by atoms with E-state index >= 15 is 0 Å². The van der Waals surface area contributed by atoms with Gasteiger partial charge in [0.1, 0.15) is 5.82 Å². The first-order chi connectivity index (χ1) is 10.8. The van der Waals surface area contributed by atoms with Crippen molar-refractivity contribution in [2.24, 2.45) is 0 Å². The Balaban J connectivity index is 1.76. The molecule has 2 nitrogen and oxygen atoms in total. The van der Waals surface area contributed by atoms with Crippen molar-refractivity contribution in [2.45, 2.75) is 0 Å². The molecule has 0 saturated carbocycles. The molecule has 108 valence electrons. The third-order valence-corrected chi connectivity index (χ3v) is 3.73. The minimum atomic E-state index is -0.231. The molecule has 22 heavy (non-hydrogen) atoms. The maximum Gasteiger partial charge on any atom is 0.231 e. The molecule has 0 amide bonds. The van der Waals surface area contributed by atoms with Gasteiger partial charge in [0.25, 0.3) is 0 Å². The molecule has 0 spiro atoms. The smallest absolute Gasteiger partial charge is 0.231 e. The van der Waals surface area contributed by atoms with Crippen molar-refractivity contribution in [3.63, 3.8) is 0 Å². The molecule has 0 fully saturated rings. The van der Waals surface area contributed by atoms with Crippen LogP contribution in [0.2, 0.25) is 0 Å². The number of hydrogen-bond acceptors (Lipinski definition) is 2. The van der Waals surface area contributed by atoms with Gasteiger partial charge in [0, 0.05) is 0 Å². The van der Waals surface area contributed by atoms with E-state index in [0.717, 1.165) is 33.8 Å². The molecule has 0 saturated heterocycles. The molecule has 4 rings (SSSR count). The molecule has 0 unspecified atom stereocenters. The highest BCUT2D eigenvalue weighted by atomic mass is 19.1. The van der Waals surface area contributed by atoms with Crippen LogP contribution < -0.4 is 9.47 Å². The normalized spacial score (nSPS) is 12.4. The van der Waals surface area contributed by atoms with E-state index in [2.05, 4.69) is 0 Å². The third-order valence-electron chi connectivity index (χ3n) is 3.73. The summed E-state index contributed by atoms with van der Waals surface area (Å²) in [5.74, 6) is 1.30. The van der Waals surface area contributed by atoms with Crippen LogP contribution in [-0.4, -0.2) is 6.79 Å². The number of hydrogen-bond donors (Lipinski definition) is 0. The highest BCUT2D eigenvalue weighted by molar-refractivity contribution is 5.74. The van der Waals surface area contributed by atoms with Gasteiger partial charge in [0.05, 0.1) is 0 Å². The van der Waals surface area contributed by atoms with Crippen LogP contribution in [0.3, 0.4) is 0 Å². The maximum atomic E-state index is 13.4. The van der Waals surface area contributed by atoms with E-state index in [1.54, 1.807) is 12.1 Å². The summed E-state index contributed by atoms with van der Waals surface area (Å²) < 4.78 is 24.1. The SMILES string of the molecule is Fc1cccc(-c2cccc(-c3ccc4c(c3)OCO4)c2)c1. The Kier molecular flexibility index (Phi) is 3.04. The highest BCUT2D eigenvalue weighted by Crippen LogP contribution is 2.36. The van der Waals surface area contributed by atoms with E-state index in [4.69, 9.17) is 9.47 Å². The summed E-state index contributed by atoms with van der Waals surface area (Å²) in [5.41, 5.74) is 3.94. The zero-order valence-corrected chi connectivity index (χ0v) is 11.8. The Bertz CT molecular complexity index is 842. The monoisotopic (exact) mass is 292 g/mol. The average Bonchev–Trinajstić information content (AvgIpc) is 3.02. The maximum absolute atomic E-state index is 13.4. The van der Waals surface area contributed by atoms with E-state index in [1.165, 1.54) is 6.07 Å². The molecule has 0 aromatic heterocycles. The predicted molar refractivity (Wildman–Crippen MR) is 83.4 cm³/mol. The van der Waals surface area contributed by atoms with E-state index in [-0.39, 0.29) is 12.6 Å². The lowest BCUT2D eigenvalue weighted by Gasteiger charge is -2.07. The second kappa shape index (κ2) is 5.19. The Morgan fingerprint density at radius 1 is 0.636 bits per heavy atom. The molecular weight excluding hydrogens is 279 g/mol. The van der Waals surface area contributed by atoms with Gasteiger partial charge in [0.2, 0.25) is 6.79 Å². The third kappa shape index (κ3) is 2.31. The van der Waals surface area contributed by atoms with Crippen molar-refractivity contribution in [1.29, 1.82) is 0 Å². The van der Waals surface area contributed by atoms with Gasteiger partial charge in [-0.3, -0.25) is 0 Å². The van der Waals surface area contributed by atoms with E-state index in [0.29, 0.717) is 0 Å². The minimum Gasteiger partial charge on any atom is -0.454 e. The number of ether oxygens (including phenoxy) is 2. The zero-order chi connectivity index (χ0) is 14.9. The van der Waals surface area contributed by atoms with Crippen LogP contribution in [0.25, 0.3) is 22.3 Å². The lowest BCUT2D eigenvalue weighted by molar-refractivity contribution is 0.174. The number of halogens is 1. The summed E-state index contributed by atoms with van der Waals surface area (Å²) >= 11 is 0. The van der Waals surface area contributed by atoms with Crippen molar-refractivity contribution in [3.05, 3.63) is 72.5 Å². The Hall–Kier alpha value is -2.81. The van der Waals surface area contributed by atoms with Crippen LogP contribution in [0, 0.1) is 5.82 Å². The van der Waals surface area contributed by atoms with Gasteiger partial charge in [-0.1, -0.05) is 36.4 Å². The Labute approximate surface area is 127 Å². The summed E-state index contributed by atoms with van der Waals surface area (Å²) in [5, 5.41) is 0. The molecule has 3 aromatic carbocycles. The molecule has 0 N–H and O–H groups in total. The average molecular weight is 292 g/mol. The van der Waals surface area contributed by atoms with Gasteiger partial charge in [-0.25, -0.2) is 4.39 Å². The second-order valence-corrected chi connectivity index (χ2v) is 5.16. The van der Waals surface area contributed by atoms with E-state index in [9.17, 15) is 4.39 Å². The topological polar surface area (TPSA) is 18.5 Å². The van der Waals surface area contributed by atoms with Crippen LogP contribution in [0.4, 0.5) is 4.39 Å². The largest absolute Gasteiger partial charge is 0.454 e. The molecule has 0 radical (unpaired) electrons. The minimum absolute atomic E-state index is 0.231. The zero-order valence-electron chi connectivity index (χ0n) is 11.8. The summed E-state index contributed by atoms with van der Waals surface area (Å²) in [6, 6.07) is 20.5. The fourth-order valence-corrected chi connectivity index (χ4v) is 2.62. The second-order valence-electron chi connectivity index (χ2n) is 5.16. The fourth-order valence-electron chi connectivity index (χ4n) is 2.62. The van der Waals surface area contributed by atoms with Crippen molar-refractivity contribution in [2.75, 3.05) is 6.79 Å². The standard InChI is InChI=1S/C19H13FO2/c20-17-6-2-5-15(10-17)13-3-1-4-14(9-13)16-7-8-18-19(11-16)22-12-21-18/h1-11H,12H2. The van der Waals surface area contributed by atoms with E-state index < -0.39 is 0 Å². The first kappa shape index (κ1) is 12.9. The number of benzene rings is 3. The van der Waals surface area contributed by atoms with Crippen LogP contribution in [0.15, 0.2) is 66.7 Å². The first-order valence-electron chi connectivity index (χ1n) is 7.06. The molecule has 3 heteroatoms. The fraction of sp³-hybridized carbons (Fsp3) is 0.0526. The van der Waals surface area contributed by atoms with Gasteiger partial charge >= 0.3 is 0 Å². The van der Waals surface area contributed by atoms with E-state index in [1.807, 2.05) is 48.5 Å². The number of fused-ring (bicyclic) bond motifs is 1. The van der Waals surface area contributed by atoms with Gasteiger partial charge in [-0.2, -0.15) is 0 Å². The highest BCUT2D eigenvalue weighted by Gasteiger charge is 2.14. The van der Waals surface area contributed by atoms with Gasteiger partial charge < -0.3 is 9.47 Å². The number of rotatable bonds is 2. The Morgan fingerprint density at radius 3 is 2.05 bits per heavy atom. The quantitative estimate of drug-likeness (QED) is 0.669. The molecule has 0 aliphatic carbocycles. The van der Waals surface area contributed by atoms with Crippen LogP contribution in [0.1, 0.15) is 0 Å². The lowest BCUT2D eigenvalue weighted by Crippen LogP contribution is -1.92. The van der Waals surface area contributed by atoms with Crippen molar-refractivity contribution in [3.8, 4) is 33.8 Å². The van der Waals surface area contributed by atoms with Crippen molar-refractivity contribution in [1.82, 2.24) is 0 Å². The molecule has 1 heterocycles. The molecule has 3 aromatic rings. The molecule has 0 atom stereocenters. The van der Waals surface area contributed by atoms with Gasteiger partial charge in [-0.05, 0) is 52.6 Å². The summed E-state index contributed by atoms with van der Waals surface area (Å²) in [6.45, 7) is 0.266. The van der Waals surface area contributed by atoms with Crippen LogP contribution in [0.5, 0.6) is 11.5 Å². The first-order valence-corrected chi connectivity index (χ1v) is 7.06. The van der Waals surface area contributed by atoms with Gasteiger partial charge in [0.15, 0.2) is 11.5 Å². The molecule has 1 aliphatic heterocycles. The molecule has 1 aliphatic rings. The lowest BCUT2D eigenvalue weighted by atomic mass is 9.99. The molecular formula is C19H13FO2. The summed E-state index contributed by atoms with van der Waals surface area (Å²) in [6.07, 6.45) is 0. The van der Waals surface area contributed by atoms with Crippen molar-refractivity contribution < 1.29 is 13.9 Å². The Morgan fingerprint density at radius 2 is 1.27 bits per heavy atom.